The molecule has 0 fully saturated rings. The summed E-state index contributed by atoms with van der Waals surface area (Å²) in [6.45, 7) is -0.432. The van der Waals surface area contributed by atoms with Crippen molar-refractivity contribution in [1.82, 2.24) is 5.16 Å². The maximum Gasteiger partial charge on any atom is 0.312 e. The number of nitrogens with one attached hydrogen (secondary N) is 1. The number of benzene rings is 2. The molecule has 1 heterocycles. The monoisotopic (exact) mass is 378 g/mol. The fraction of sp³-hybridized carbons (Fsp3) is 0.118. The van der Waals surface area contributed by atoms with Gasteiger partial charge in [-0.15, -0.1) is 0 Å². The van der Waals surface area contributed by atoms with Crippen LogP contribution in [0.25, 0.3) is 11.0 Å². The van der Waals surface area contributed by atoms with Gasteiger partial charge in [0.05, 0.1) is 6.42 Å². The maximum absolute atomic E-state index is 11.9. The molecule has 0 aliphatic carbocycles. The Morgan fingerprint density at radius 2 is 1.84 bits per heavy atom. The van der Waals surface area contributed by atoms with E-state index in [2.05, 4.69) is 10.5 Å². The Kier molecular flexibility index (Phi) is 5.21. The quantitative estimate of drug-likeness (QED) is 0.681. The fourth-order valence-corrected chi connectivity index (χ4v) is 2.75. The van der Waals surface area contributed by atoms with E-state index >= 15 is 0 Å². The first-order chi connectivity index (χ1) is 12.0. The molecule has 0 bridgehead atoms. The molecule has 0 radical (unpaired) electrons. The average molecular weight is 379 g/mol. The van der Waals surface area contributed by atoms with Crippen LogP contribution in [-0.4, -0.2) is 23.6 Å². The van der Waals surface area contributed by atoms with Crippen molar-refractivity contribution in [2.45, 2.75) is 6.42 Å². The highest BCUT2D eigenvalue weighted by Gasteiger charge is 2.14. The van der Waals surface area contributed by atoms with E-state index in [-0.39, 0.29) is 6.42 Å². The largest absolute Gasteiger partial charge is 0.455 e. The first kappa shape index (κ1) is 17.3. The minimum absolute atomic E-state index is 0.0900. The van der Waals surface area contributed by atoms with Gasteiger partial charge < -0.3 is 14.6 Å². The third-order valence-electron chi connectivity index (χ3n) is 3.27. The fourth-order valence-electron chi connectivity index (χ4n) is 2.22. The maximum atomic E-state index is 11.9. The van der Waals surface area contributed by atoms with Gasteiger partial charge in [-0.2, -0.15) is 0 Å². The Morgan fingerprint density at radius 3 is 2.60 bits per heavy atom. The van der Waals surface area contributed by atoms with Crippen LogP contribution in [0, 0.1) is 0 Å². The second-order valence-corrected chi connectivity index (χ2v) is 6.04. The van der Waals surface area contributed by atoms with Crippen LogP contribution in [0.3, 0.4) is 0 Å². The molecule has 0 saturated heterocycles. The van der Waals surface area contributed by atoms with Crippen LogP contribution in [-0.2, 0) is 20.7 Å². The van der Waals surface area contributed by atoms with E-state index in [1.165, 1.54) is 12.1 Å². The summed E-state index contributed by atoms with van der Waals surface area (Å²) in [5, 5.41) is 7.90. The summed E-state index contributed by atoms with van der Waals surface area (Å²) in [6.07, 6.45) is -0.0900. The number of aromatic nitrogens is 1. The first-order valence-electron chi connectivity index (χ1n) is 7.26. The van der Waals surface area contributed by atoms with E-state index in [0.717, 1.165) is 5.39 Å². The summed E-state index contributed by atoms with van der Waals surface area (Å²) in [5.74, 6) is -1.09. The van der Waals surface area contributed by atoms with E-state index < -0.39 is 18.5 Å². The zero-order chi connectivity index (χ0) is 17.8. The van der Waals surface area contributed by atoms with Crippen molar-refractivity contribution in [3.8, 4) is 0 Å². The normalized spacial score (nSPS) is 10.6. The van der Waals surface area contributed by atoms with Crippen LogP contribution >= 0.6 is 23.2 Å². The Hall–Kier alpha value is -2.57. The number of fused-ring (bicyclic) bond motifs is 1. The van der Waals surface area contributed by atoms with Gasteiger partial charge in [0.2, 0.25) is 0 Å². The van der Waals surface area contributed by atoms with Gasteiger partial charge in [-0.3, -0.25) is 9.59 Å². The second-order valence-electron chi connectivity index (χ2n) is 5.17. The van der Waals surface area contributed by atoms with Crippen molar-refractivity contribution in [3.63, 3.8) is 0 Å². The van der Waals surface area contributed by atoms with Gasteiger partial charge in [0, 0.05) is 21.1 Å². The van der Waals surface area contributed by atoms with Crippen LogP contribution in [0.4, 0.5) is 5.69 Å². The molecule has 6 nitrogen and oxygen atoms in total. The smallest absolute Gasteiger partial charge is 0.312 e. The van der Waals surface area contributed by atoms with Crippen molar-refractivity contribution in [1.29, 1.82) is 0 Å². The SMILES string of the molecule is O=C(COC(=O)Cc1noc2ccccc12)Nc1cc(Cl)cc(Cl)c1. The number of hydrogen-bond acceptors (Lipinski definition) is 5. The molecule has 3 rings (SSSR count). The number of anilines is 1. The van der Waals surface area contributed by atoms with E-state index in [9.17, 15) is 9.59 Å². The summed E-state index contributed by atoms with van der Waals surface area (Å²) in [7, 11) is 0. The molecule has 1 aromatic heterocycles. The molecule has 1 amide bonds. The highest BCUT2D eigenvalue weighted by Crippen LogP contribution is 2.22. The summed E-state index contributed by atoms with van der Waals surface area (Å²) >= 11 is 11.7. The molecule has 0 spiro atoms. The molecule has 0 saturated carbocycles. The van der Waals surface area contributed by atoms with Crippen LogP contribution in [0.5, 0.6) is 0 Å². The van der Waals surface area contributed by atoms with Gasteiger partial charge in [-0.25, -0.2) is 0 Å². The number of amides is 1. The van der Waals surface area contributed by atoms with E-state index in [4.69, 9.17) is 32.5 Å². The lowest BCUT2D eigenvalue weighted by Crippen LogP contribution is -2.21. The minimum atomic E-state index is -0.585. The number of nitrogens with zero attached hydrogens (tertiary/aromatic N) is 1. The molecule has 0 atom stereocenters. The summed E-state index contributed by atoms with van der Waals surface area (Å²) in [4.78, 5) is 23.7. The number of carbonyl (C=O) groups is 2. The van der Waals surface area contributed by atoms with Gasteiger partial charge in [0.15, 0.2) is 12.2 Å². The molecular formula is C17H12Cl2N2O4. The lowest BCUT2D eigenvalue weighted by atomic mass is 10.2. The number of ether oxygens (including phenoxy) is 1. The van der Waals surface area contributed by atoms with Crippen molar-refractivity contribution in [2.75, 3.05) is 11.9 Å². The van der Waals surface area contributed by atoms with Crippen LogP contribution in [0.15, 0.2) is 47.0 Å². The van der Waals surface area contributed by atoms with Gasteiger partial charge in [-0.05, 0) is 30.3 Å². The van der Waals surface area contributed by atoms with Gasteiger partial charge >= 0.3 is 5.97 Å². The van der Waals surface area contributed by atoms with E-state index in [1.807, 2.05) is 12.1 Å². The third kappa shape index (κ3) is 4.49. The predicted molar refractivity (Wildman–Crippen MR) is 93.8 cm³/mol. The van der Waals surface area contributed by atoms with Crippen molar-refractivity contribution in [3.05, 3.63) is 58.2 Å². The van der Waals surface area contributed by atoms with Gasteiger partial charge in [0.1, 0.15) is 5.69 Å². The topological polar surface area (TPSA) is 81.4 Å². The number of halogens is 2. The summed E-state index contributed by atoms with van der Waals surface area (Å²) < 4.78 is 10.1. The lowest BCUT2D eigenvalue weighted by molar-refractivity contribution is -0.146. The Morgan fingerprint density at radius 1 is 1.12 bits per heavy atom. The lowest BCUT2D eigenvalue weighted by Gasteiger charge is -2.07. The van der Waals surface area contributed by atoms with E-state index in [0.29, 0.717) is 27.0 Å². The molecule has 8 heteroatoms. The molecule has 128 valence electrons. The summed E-state index contributed by atoms with van der Waals surface area (Å²) in [6, 6.07) is 11.8. The van der Waals surface area contributed by atoms with Crippen LogP contribution in [0.1, 0.15) is 5.69 Å². The predicted octanol–water partition coefficient (Wildman–Crippen LogP) is 3.86. The standard InChI is InChI=1S/C17H12Cl2N2O4/c18-10-5-11(19)7-12(6-10)20-16(22)9-24-17(23)8-14-13-3-1-2-4-15(13)25-21-14/h1-7H,8-9H2,(H,20,22). The molecule has 25 heavy (non-hydrogen) atoms. The van der Waals surface area contributed by atoms with Crippen molar-refractivity contribution >= 4 is 51.7 Å². The third-order valence-corrected chi connectivity index (χ3v) is 3.71. The summed E-state index contributed by atoms with van der Waals surface area (Å²) in [5.41, 5.74) is 1.46. The Labute approximate surface area is 152 Å². The Balaban J connectivity index is 1.54. The number of para-hydroxylation sites is 1. The number of carbonyl (C=O) groups excluding carboxylic acids is 2. The zero-order valence-electron chi connectivity index (χ0n) is 12.8. The molecular weight excluding hydrogens is 367 g/mol. The Bertz CT molecular complexity index is 919. The number of esters is 1. The molecule has 1 N–H and O–H groups in total. The highest BCUT2D eigenvalue weighted by molar-refractivity contribution is 6.35. The zero-order valence-corrected chi connectivity index (χ0v) is 14.3. The van der Waals surface area contributed by atoms with Gasteiger partial charge in [0.25, 0.3) is 5.91 Å². The van der Waals surface area contributed by atoms with E-state index in [1.54, 1.807) is 18.2 Å². The molecule has 0 aliphatic rings. The molecule has 2 aromatic carbocycles. The van der Waals surface area contributed by atoms with Crippen molar-refractivity contribution in [2.24, 2.45) is 0 Å². The molecule has 0 aliphatic heterocycles. The second kappa shape index (κ2) is 7.55. The minimum Gasteiger partial charge on any atom is -0.455 e. The molecule has 0 unspecified atom stereocenters. The van der Waals surface area contributed by atoms with Crippen LogP contribution < -0.4 is 5.32 Å². The van der Waals surface area contributed by atoms with Crippen molar-refractivity contribution < 1.29 is 18.8 Å². The first-order valence-corrected chi connectivity index (χ1v) is 8.02. The number of rotatable bonds is 5. The van der Waals surface area contributed by atoms with Crippen LogP contribution in [0.2, 0.25) is 10.0 Å². The highest BCUT2D eigenvalue weighted by atomic mass is 35.5. The molecule has 3 aromatic rings. The number of hydrogen-bond donors (Lipinski definition) is 1. The average Bonchev–Trinajstić information content (AvgIpc) is 2.95. The van der Waals surface area contributed by atoms with Gasteiger partial charge in [-0.1, -0.05) is 40.5 Å².